The van der Waals surface area contributed by atoms with Crippen molar-refractivity contribution in [2.75, 3.05) is 4.90 Å². The van der Waals surface area contributed by atoms with Gasteiger partial charge in [-0.05, 0) is 30.2 Å². The van der Waals surface area contributed by atoms with Gasteiger partial charge in [0.2, 0.25) is 11.8 Å². The summed E-state index contributed by atoms with van der Waals surface area (Å²) in [5.41, 5.74) is -0.244. The lowest BCUT2D eigenvalue weighted by Crippen LogP contribution is -2.52. The van der Waals surface area contributed by atoms with Gasteiger partial charge < -0.3 is 10.0 Å². The molecule has 1 fully saturated rings. The molecule has 1 saturated heterocycles. The van der Waals surface area contributed by atoms with Crippen molar-refractivity contribution in [1.29, 1.82) is 0 Å². The minimum Gasteiger partial charge on any atom is -0.465 e. The number of rotatable bonds is 4. The van der Waals surface area contributed by atoms with E-state index in [1.807, 2.05) is 0 Å². The zero-order chi connectivity index (χ0) is 24.0. The SMILES string of the molecule is O=C1CCC(N2Cc3c(F)cc(CN(C(=O)O)c4cc(F)c(F)c(Cl)c4)cc3C2=O)C(=O)N1. The molecule has 2 aliphatic rings. The van der Waals surface area contributed by atoms with Gasteiger partial charge in [0.05, 0.1) is 23.8 Å². The van der Waals surface area contributed by atoms with E-state index in [0.717, 1.165) is 17.0 Å². The van der Waals surface area contributed by atoms with Crippen LogP contribution in [0.5, 0.6) is 0 Å². The quantitative estimate of drug-likeness (QED) is 0.515. The molecule has 0 aromatic heterocycles. The zero-order valence-electron chi connectivity index (χ0n) is 16.7. The van der Waals surface area contributed by atoms with Gasteiger partial charge in [0.15, 0.2) is 11.6 Å². The third kappa shape index (κ3) is 4.11. The first-order valence-electron chi connectivity index (χ1n) is 9.67. The smallest absolute Gasteiger partial charge is 0.412 e. The fourth-order valence-corrected chi connectivity index (χ4v) is 4.12. The Hall–Kier alpha value is -3.60. The van der Waals surface area contributed by atoms with E-state index < -0.39 is 58.9 Å². The van der Waals surface area contributed by atoms with E-state index in [1.165, 1.54) is 6.07 Å². The van der Waals surface area contributed by atoms with Crippen molar-refractivity contribution in [3.8, 4) is 0 Å². The molecule has 0 saturated carbocycles. The Morgan fingerprint density at radius 1 is 1.15 bits per heavy atom. The number of carboxylic acid groups (broad SMARTS) is 1. The van der Waals surface area contributed by atoms with Crippen LogP contribution in [0.2, 0.25) is 5.02 Å². The molecular weight excluding hydrogens is 467 g/mol. The summed E-state index contributed by atoms with van der Waals surface area (Å²) in [6, 6.07) is 2.91. The highest BCUT2D eigenvalue weighted by molar-refractivity contribution is 6.31. The van der Waals surface area contributed by atoms with Crippen LogP contribution in [0, 0.1) is 17.5 Å². The largest absolute Gasteiger partial charge is 0.465 e. The van der Waals surface area contributed by atoms with Crippen molar-refractivity contribution < 1.29 is 37.5 Å². The van der Waals surface area contributed by atoms with Crippen LogP contribution in [-0.2, 0) is 22.7 Å². The molecule has 12 heteroatoms. The third-order valence-electron chi connectivity index (χ3n) is 5.51. The predicted molar refractivity (Wildman–Crippen MR) is 108 cm³/mol. The number of anilines is 1. The van der Waals surface area contributed by atoms with Gasteiger partial charge in [-0.2, -0.15) is 0 Å². The molecule has 4 amide bonds. The van der Waals surface area contributed by atoms with Gasteiger partial charge in [-0.3, -0.25) is 24.6 Å². The summed E-state index contributed by atoms with van der Waals surface area (Å²) in [5.74, 6) is -5.25. The van der Waals surface area contributed by atoms with Gasteiger partial charge >= 0.3 is 6.09 Å². The molecule has 2 heterocycles. The molecule has 0 aliphatic carbocycles. The number of carbonyl (C=O) groups is 4. The molecule has 33 heavy (non-hydrogen) atoms. The van der Waals surface area contributed by atoms with Crippen LogP contribution in [0.15, 0.2) is 24.3 Å². The van der Waals surface area contributed by atoms with Crippen LogP contribution in [0.1, 0.15) is 34.3 Å². The predicted octanol–water partition coefficient (Wildman–Crippen LogP) is 3.20. The van der Waals surface area contributed by atoms with Crippen LogP contribution < -0.4 is 10.2 Å². The highest BCUT2D eigenvalue weighted by Gasteiger charge is 2.40. The van der Waals surface area contributed by atoms with E-state index in [4.69, 9.17) is 11.6 Å². The summed E-state index contributed by atoms with van der Waals surface area (Å²) in [6.07, 6.45) is -1.41. The van der Waals surface area contributed by atoms with Crippen molar-refractivity contribution >= 4 is 41.1 Å². The molecule has 1 atom stereocenters. The number of imide groups is 1. The molecule has 2 N–H and O–H groups in total. The van der Waals surface area contributed by atoms with Gasteiger partial charge in [-0.15, -0.1) is 0 Å². The molecule has 0 bridgehead atoms. The maximum Gasteiger partial charge on any atom is 0.412 e. The lowest BCUT2D eigenvalue weighted by molar-refractivity contribution is -0.136. The van der Waals surface area contributed by atoms with E-state index in [1.54, 1.807) is 0 Å². The van der Waals surface area contributed by atoms with Crippen LogP contribution >= 0.6 is 11.6 Å². The fourth-order valence-electron chi connectivity index (χ4n) is 3.91. The lowest BCUT2D eigenvalue weighted by atomic mass is 10.0. The van der Waals surface area contributed by atoms with E-state index in [2.05, 4.69) is 5.32 Å². The number of hydrogen-bond acceptors (Lipinski definition) is 4. The second kappa shape index (κ2) is 8.39. The van der Waals surface area contributed by atoms with E-state index in [-0.39, 0.29) is 41.8 Å². The first kappa shape index (κ1) is 22.6. The average molecular weight is 482 g/mol. The lowest BCUT2D eigenvalue weighted by Gasteiger charge is -2.29. The molecule has 172 valence electrons. The van der Waals surface area contributed by atoms with Crippen LogP contribution in [0.3, 0.4) is 0 Å². The van der Waals surface area contributed by atoms with Gasteiger partial charge in [0.1, 0.15) is 11.9 Å². The average Bonchev–Trinajstić information content (AvgIpc) is 3.07. The number of nitrogens with one attached hydrogen (secondary N) is 1. The molecule has 4 rings (SSSR count). The van der Waals surface area contributed by atoms with Crippen molar-refractivity contribution in [3.63, 3.8) is 0 Å². The summed E-state index contributed by atoms with van der Waals surface area (Å²) >= 11 is 5.60. The molecule has 2 aromatic rings. The maximum absolute atomic E-state index is 14.8. The summed E-state index contributed by atoms with van der Waals surface area (Å²) < 4.78 is 42.0. The van der Waals surface area contributed by atoms with Crippen molar-refractivity contribution in [2.45, 2.75) is 32.0 Å². The van der Waals surface area contributed by atoms with Crippen molar-refractivity contribution in [3.05, 3.63) is 63.4 Å². The van der Waals surface area contributed by atoms with Crippen LogP contribution in [0.4, 0.5) is 23.7 Å². The minimum absolute atomic E-state index is 0.0335. The topological polar surface area (TPSA) is 107 Å². The maximum atomic E-state index is 14.8. The summed E-state index contributed by atoms with van der Waals surface area (Å²) in [6.45, 7) is -0.680. The van der Waals surface area contributed by atoms with Crippen LogP contribution in [0.25, 0.3) is 0 Å². The van der Waals surface area contributed by atoms with Crippen LogP contribution in [-0.4, -0.2) is 39.9 Å². The van der Waals surface area contributed by atoms with E-state index in [9.17, 15) is 37.5 Å². The Labute approximate surface area is 189 Å². The van der Waals surface area contributed by atoms with E-state index in [0.29, 0.717) is 11.0 Å². The van der Waals surface area contributed by atoms with Gasteiger partial charge in [0, 0.05) is 23.6 Å². The Kier molecular flexibility index (Phi) is 5.75. The third-order valence-corrected chi connectivity index (χ3v) is 5.79. The highest BCUT2D eigenvalue weighted by Crippen LogP contribution is 2.32. The number of fused-ring (bicyclic) bond motifs is 1. The standard InChI is InChI=1S/C21H15ClF3N3O5/c22-13-5-10(6-15(24)18(13)25)27(21(32)33)7-9-3-11-12(14(23)4-9)8-28(20(11)31)16-1-2-17(29)26-19(16)30/h3-6,16H,1-2,7-8H2,(H,32,33)(H,26,29,30). The molecule has 1 unspecified atom stereocenters. The Morgan fingerprint density at radius 3 is 2.52 bits per heavy atom. The molecular formula is C21H15ClF3N3O5. The van der Waals surface area contributed by atoms with Crippen molar-refractivity contribution in [2.24, 2.45) is 0 Å². The fraction of sp³-hybridized carbons (Fsp3) is 0.238. The van der Waals surface area contributed by atoms with E-state index >= 15 is 0 Å². The summed E-state index contributed by atoms with van der Waals surface area (Å²) in [5, 5.41) is 11.1. The number of benzene rings is 2. The summed E-state index contributed by atoms with van der Waals surface area (Å²) in [4.78, 5) is 49.9. The minimum atomic E-state index is -1.55. The number of hydrogen-bond donors (Lipinski definition) is 2. The summed E-state index contributed by atoms with van der Waals surface area (Å²) in [7, 11) is 0. The van der Waals surface area contributed by atoms with Gasteiger partial charge in [-0.1, -0.05) is 11.6 Å². The Morgan fingerprint density at radius 2 is 1.88 bits per heavy atom. The highest BCUT2D eigenvalue weighted by atomic mass is 35.5. The Bertz CT molecular complexity index is 1200. The number of halogens is 4. The zero-order valence-corrected chi connectivity index (χ0v) is 17.5. The molecule has 0 radical (unpaired) electrons. The normalized spacial score (nSPS) is 17.8. The molecule has 2 aliphatic heterocycles. The molecule has 2 aromatic carbocycles. The number of piperidine rings is 1. The second-order valence-electron chi connectivity index (χ2n) is 7.60. The first-order valence-corrected chi connectivity index (χ1v) is 10.1. The molecule has 8 nitrogen and oxygen atoms in total. The number of nitrogens with zero attached hydrogens (tertiary/aromatic N) is 2. The van der Waals surface area contributed by atoms with Gasteiger partial charge in [-0.25, -0.2) is 18.0 Å². The second-order valence-corrected chi connectivity index (χ2v) is 8.00. The monoisotopic (exact) mass is 481 g/mol. The number of carbonyl (C=O) groups excluding carboxylic acids is 3. The first-order chi connectivity index (χ1) is 15.6. The van der Waals surface area contributed by atoms with Crippen molar-refractivity contribution in [1.82, 2.24) is 10.2 Å². The Balaban J connectivity index is 1.63. The number of amides is 4. The molecule has 0 spiro atoms. The van der Waals surface area contributed by atoms with Gasteiger partial charge in [0.25, 0.3) is 5.91 Å².